The smallest absolute Gasteiger partial charge is 0.309 e. The number of nitrogens with zero attached hydrogens (tertiary/aromatic N) is 9. The van der Waals surface area contributed by atoms with E-state index in [2.05, 4.69) is 320 Å². The third-order valence-electron chi connectivity index (χ3n) is 25.2. The van der Waals surface area contributed by atoms with Crippen molar-refractivity contribution in [1.29, 1.82) is 0 Å². The van der Waals surface area contributed by atoms with Gasteiger partial charge < -0.3 is 18.3 Å². The minimum atomic E-state index is -4.46. The van der Waals surface area contributed by atoms with Crippen LogP contribution in [0.25, 0.3) is 227 Å². The first-order valence-corrected chi connectivity index (χ1v) is 43.7. The summed E-state index contributed by atoms with van der Waals surface area (Å²) in [4.78, 5) is 24.6. The molecule has 24 aromatic rings. The minimum absolute atomic E-state index is 0.519. The second-order valence-electron chi connectivity index (χ2n) is 33.0. The number of halogens is 3. The molecule has 0 aliphatic heterocycles. The predicted octanol–water partition coefficient (Wildman–Crippen LogP) is 31.9. The third kappa shape index (κ3) is 14.0. The fourth-order valence-electron chi connectivity index (χ4n) is 19.2. The second kappa shape index (κ2) is 32.5. The highest BCUT2D eigenvalue weighted by Gasteiger charge is 2.32. The van der Waals surface area contributed by atoms with Crippen molar-refractivity contribution < 1.29 is 13.2 Å². The molecule has 131 heavy (non-hydrogen) atoms. The van der Waals surface area contributed by atoms with Gasteiger partial charge in [0.1, 0.15) is 0 Å². The predicted molar refractivity (Wildman–Crippen MR) is 532 cm³/mol. The van der Waals surface area contributed by atoms with E-state index in [0.717, 1.165) is 178 Å². The molecule has 6 heterocycles. The number of rotatable bonds is 14. The van der Waals surface area contributed by atoms with Crippen LogP contribution in [0.5, 0.6) is 0 Å². The van der Waals surface area contributed by atoms with Gasteiger partial charge in [0.2, 0.25) is 0 Å². The van der Waals surface area contributed by atoms with Gasteiger partial charge in [-0.2, -0.15) is 13.2 Å². The highest BCUT2D eigenvalue weighted by Crippen LogP contribution is 2.48. The number of aromatic nitrogens is 8. The van der Waals surface area contributed by atoms with Crippen LogP contribution in [0, 0.1) is 13.5 Å². The summed E-state index contributed by atoms with van der Waals surface area (Å²) in [7, 11) is 0. The van der Waals surface area contributed by atoms with Crippen LogP contribution in [-0.2, 0) is 6.18 Å². The standard InChI is InChI=1S/C60H39F3N4.C59H37N5/c1-38-32-43(34-44(33-38)60(61,62)63)41-28-30-57-49(35-41)47-22-10-15-27-56(47)67(57)58-31-29-42(52-37-51(39-16-4-2-5-17-39)64-59(65-52)40-18-6-3-7-19-40)36-50(58)48-23-11-14-26-55(48)66-53-24-12-8-20-45(53)46-21-9-13-25-54(46)66;1-60-50-27-13-8-22-43(50)41-32-34-57-48(36-41)46-25-11-17-31-56(46)64(57)58-35-33-42(52-38-51(39-18-4-2-5-19-39)61-59(62-52)40-20-6-3-7-21-40)37-49(58)47-26-12-16-30-55(47)63-53-28-14-9-23-44(53)45-24-10-15-29-54(45)63/h2-37H,1H3;2-38H. The molecule has 618 valence electrons. The van der Waals surface area contributed by atoms with Gasteiger partial charge in [-0.05, 0) is 156 Å². The fraction of sp³-hybridized carbons (Fsp3) is 0.0168. The van der Waals surface area contributed by atoms with E-state index >= 15 is 0 Å². The number of fused-ring (bicyclic) bond motifs is 12. The average molecular weight is 1690 g/mol. The van der Waals surface area contributed by atoms with Crippen molar-refractivity contribution in [3.05, 3.63) is 465 Å². The summed E-state index contributed by atoms with van der Waals surface area (Å²) in [5, 5.41) is 8.94. The molecule has 9 nitrogen and oxygen atoms in total. The maximum absolute atomic E-state index is 14.1. The molecule has 0 spiro atoms. The summed E-state index contributed by atoms with van der Waals surface area (Å²) in [5.74, 6) is 1.30. The van der Waals surface area contributed by atoms with Crippen LogP contribution in [0.15, 0.2) is 443 Å². The van der Waals surface area contributed by atoms with Crippen LogP contribution >= 0.6 is 0 Å². The molecule has 6 aromatic heterocycles. The van der Waals surface area contributed by atoms with Crippen molar-refractivity contribution >= 4 is 92.9 Å². The van der Waals surface area contributed by atoms with Crippen molar-refractivity contribution in [2.45, 2.75) is 13.1 Å². The number of aryl methyl sites for hydroxylation is 1. The molecular weight excluding hydrogens is 1610 g/mol. The topological polar surface area (TPSA) is 75.6 Å². The van der Waals surface area contributed by atoms with E-state index in [9.17, 15) is 13.2 Å². The van der Waals surface area contributed by atoms with Crippen molar-refractivity contribution in [3.63, 3.8) is 0 Å². The maximum atomic E-state index is 14.1. The summed E-state index contributed by atoms with van der Waals surface area (Å²) < 4.78 is 51.7. The molecule has 0 radical (unpaired) electrons. The zero-order valence-electron chi connectivity index (χ0n) is 70.8. The van der Waals surface area contributed by atoms with Crippen LogP contribution < -0.4 is 0 Å². The lowest BCUT2D eigenvalue weighted by atomic mass is 9.96. The van der Waals surface area contributed by atoms with E-state index in [1.54, 1.807) is 6.92 Å². The van der Waals surface area contributed by atoms with Gasteiger partial charge in [-0.25, -0.2) is 24.8 Å². The van der Waals surface area contributed by atoms with Gasteiger partial charge in [-0.1, -0.05) is 322 Å². The van der Waals surface area contributed by atoms with Gasteiger partial charge >= 0.3 is 6.18 Å². The van der Waals surface area contributed by atoms with E-state index in [4.69, 9.17) is 26.5 Å². The summed E-state index contributed by atoms with van der Waals surface area (Å²) in [6.45, 7) is 9.62. The normalized spacial score (nSPS) is 11.7. The Morgan fingerprint density at radius 2 is 0.519 bits per heavy atom. The molecule has 18 aromatic carbocycles. The van der Waals surface area contributed by atoms with E-state index in [1.165, 1.54) is 33.7 Å². The van der Waals surface area contributed by atoms with Crippen molar-refractivity contribution in [1.82, 2.24) is 38.2 Å². The van der Waals surface area contributed by atoms with Crippen LogP contribution in [0.4, 0.5) is 18.9 Å². The summed E-state index contributed by atoms with van der Waals surface area (Å²) in [6.07, 6.45) is -4.46. The van der Waals surface area contributed by atoms with Crippen LogP contribution in [0.3, 0.4) is 0 Å². The Bertz CT molecular complexity index is 8450. The van der Waals surface area contributed by atoms with Gasteiger partial charge in [-0.15, -0.1) is 0 Å². The number of para-hydroxylation sites is 9. The minimum Gasteiger partial charge on any atom is -0.309 e. The molecule has 0 fully saturated rings. The lowest BCUT2D eigenvalue weighted by Gasteiger charge is -2.20. The molecule has 0 amide bonds. The molecule has 0 unspecified atom stereocenters. The average Bonchev–Trinajstić information content (AvgIpc) is 1.59. The number of hydrogen-bond donors (Lipinski definition) is 0. The van der Waals surface area contributed by atoms with Crippen molar-refractivity contribution in [2.24, 2.45) is 0 Å². The monoisotopic (exact) mass is 1690 g/mol. The first-order valence-electron chi connectivity index (χ1n) is 43.7. The zero-order valence-corrected chi connectivity index (χ0v) is 70.8. The highest BCUT2D eigenvalue weighted by atomic mass is 19.4. The first kappa shape index (κ1) is 78.3. The fourth-order valence-corrected chi connectivity index (χ4v) is 19.2. The Balaban J connectivity index is 0.000000149. The third-order valence-corrected chi connectivity index (χ3v) is 25.2. The number of benzene rings is 18. The largest absolute Gasteiger partial charge is 0.416 e. The van der Waals surface area contributed by atoms with E-state index < -0.39 is 11.7 Å². The molecule has 0 atom stereocenters. The SMILES string of the molecule is Cc1cc(-c2ccc3c(c2)c2ccccc2n3-c2ccc(-c3cc(-c4ccccc4)nc(-c4ccccc4)n3)cc2-c2ccccc2-n2c3ccccc3c3ccccc32)cc(C(F)(F)F)c1.[C-]#[N+]c1ccccc1-c1ccc2c(c1)c1ccccc1n2-c1ccc(-c2cc(-c3ccccc3)nc(-c3ccccc3)n2)cc1-c1ccccc1-n1c2ccccc2c2ccccc21. The Morgan fingerprint density at radius 3 is 0.908 bits per heavy atom. The number of hydrogen-bond acceptors (Lipinski definition) is 4. The lowest BCUT2D eigenvalue weighted by molar-refractivity contribution is -0.137. The van der Waals surface area contributed by atoms with E-state index in [0.29, 0.717) is 34.0 Å². The summed E-state index contributed by atoms with van der Waals surface area (Å²) in [6, 6.07) is 152. The van der Waals surface area contributed by atoms with Crippen LogP contribution in [0.2, 0.25) is 0 Å². The molecular formula is C119H76F3N9. The van der Waals surface area contributed by atoms with Crippen LogP contribution in [0.1, 0.15) is 11.1 Å². The van der Waals surface area contributed by atoms with Crippen molar-refractivity contribution in [3.8, 4) is 135 Å². The van der Waals surface area contributed by atoms with Gasteiger partial charge in [0, 0.05) is 98.7 Å². The van der Waals surface area contributed by atoms with E-state index in [1.807, 2.05) is 133 Å². The maximum Gasteiger partial charge on any atom is 0.416 e. The molecule has 24 rings (SSSR count). The molecule has 0 saturated carbocycles. The molecule has 0 aliphatic rings. The number of alkyl halides is 3. The second-order valence-corrected chi connectivity index (χ2v) is 33.0. The van der Waals surface area contributed by atoms with Gasteiger partial charge in [-0.3, -0.25) is 0 Å². The molecule has 0 N–H and O–H groups in total. The molecule has 0 saturated heterocycles. The van der Waals surface area contributed by atoms with Crippen LogP contribution in [-0.4, -0.2) is 38.2 Å². The summed E-state index contributed by atoms with van der Waals surface area (Å²) in [5.41, 5.74) is 29.5. The lowest BCUT2D eigenvalue weighted by Crippen LogP contribution is -2.05. The quantitative estimate of drug-likeness (QED) is 0.102. The molecule has 0 aliphatic carbocycles. The Hall–Kier alpha value is -17.4. The van der Waals surface area contributed by atoms with Gasteiger partial charge in [0.05, 0.1) is 102 Å². The Kier molecular flexibility index (Phi) is 19.5. The Morgan fingerprint density at radius 1 is 0.221 bits per heavy atom. The molecule has 12 heteroatoms. The van der Waals surface area contributed by atoms with E-state index in [-0.39, 0.29) is 0 Å². The van der Waals surface area contributed by atoms with Crippen molar-refractivity contribution in [2.75, 3.05) is 0 Å². The van der Waals surface area contributed by atoms with Gasteiger partial charge in [0.25, 0.3) is 0 Å². The van der Waals surface area contributed by atoms with Gasteiger partial charge in [0.15, 0.2) is 17.3 Å². The Labute approximate surface area is 752 Å². The zero-order chi connectivity index (χ0) is 87.8. The highest BCUT2D eigenvalue weighted by molar-refractivity contribution is 6.15. The summed E-state index contributed by atoms with van der Waals surface area (Å²) >= 11 is 0. The molecule has 0 bridgehead atoms. The first-order chi connectivity index (χ1) is 64.5.